The van der Waals surface area contributed by atoms with Gasteiger partial charge in [-0.05, 0) is 31.2 Å². The Morgan fingerprint density at radius 1 is 1.56 bits per heavy atom. The molecule has 0 bridgehead atoms. The maximum absolute atomic E-state index is 11.6. The molecule has 4 heteroatoms. The molecule has 0 spiro atoms. The van der Waals surface area contributed by atoms with E-state index in [-0.39, 0.29) is 17.4 Å². The standard InChI is InChI=1S/C12H24N2O2/c1-12(2,5-6-13)9-14-11(15)8-10-4-3-7-16-10/h10H,3-9,13H2,1-2H3,(H,14,15). The lowest BCUT2D eigenvalue weighted by molar-refractivity contribution is -0.123. The van der Waals surface area contributed by atoms with E-state index in [1.807, 2.05) is 0 Å². The van der Waals surface area contributed by atoms with Gasteiger partial charge in [-0.2, -0.15) is 0 Å². The zero-order chi connectivity index (χ0) is 12.0. The molecule has 0 aliphatic carbocycles. The number of carbonyl (C=O) groups is 1. The van der Waals surface area contributed by atoms with E-state index >= 15 is 0 Å². The van der Waals surface area contributed by atoms with Crippen LogP contribution >= 0.6 is 0 Å². The highest BCUT2D eigenvalue weighted by Gasteiger charge is 2.21. The van der Waals surface area contributed by atoms with Gasteiger partial charge in [0.2, 0.25) is 5.91 Å². The molecule has 3 N–H and O–H groups in total. The summed E-state index contributed by atoms with van der Waals surface area (Å²) in [7, 11) is 0. The first kappa shape index (κ1) is 13.5. The summed E-state index contributed by atoms with van der Waals surface area (Å²) in [5.74, 6) is 0.0944. The Balaban J connectivity index is 2.18. The monoisotopic (exact) mass is 228 g/mol. The van der Waals surface area contributed by atoms with Crippen molar-refractivity contribution >= 4 is 5.91 Å². The normalized spacial score (nSPS) is 21.1. The molecule has 0 aromatic rings. The molecule has 0 radical (unpaired) electrons. The summed E-state index contributed by atoms with van der Waals surface area (Å²) in [6.07, 6.45) is 3.65. The Labute approximate surface area is 97.9 Å². The van der Waals surface area contributed by atoms with Gasteiger partial charge in [-0.15, -0.1) is 0 Å². The molecule has 94 valence electrons. The first-order valence-electron chi connectivity index (χ1n) is 6.12. The van der Waals surface area contributed by atoms with Gasteiger partial charge in [0.15, 0.2) is 0 Å². The van der Waals surface area contributed by atoms with E-state index in [1.54, 1.807) is 0 Å². The molecule has 1 saturated heterocycles. The minimum atomic E-state index is 0.0843. The minimum absolute atomic E-state index is 0.0843. The van der Waals surface area contributed by atoms with Crippen LogP contribution in [0.5, 0.6) is 0 Å². The zero-order valence-electron chi connectivity index (χ0n) is 10.4. The second-order valence-electron chi connectivity index (χ2n) is 5.32. The van der Waals surface area contributed by atoms with Crippen molar-refractivity contribution in [3.8, 4) is 0 Å². The number of carbonyl (C=O) groups excluding carboxylic acids is 1. The van der Waals surface area contributed by atoms with Gasteiger partial charge in [-0.25, -0.2) is 0 Å². The molecule has 1 rings (SSSR count). The topological polar surface area (TPSA) is 64.3 Å². The fraction of sp³-hybridized carbons (Fsp3) is 0.917. The Bertz CT molecular complexity index is 223. The number of hydrogen-bond donors (Lipinski definition) is 2. The minimum Gasteiger partial charge on any atom is -0.378 e. The lowest BCUT2D eigenvalue weighted by Gasteiger charge is -2.24. The summed E-state index contributed by atoms with van der Waals surface area (Å²) in [5.41, 5.74) is 5.60. The van der Waals surface area contributed by atoms with Gasteiger partial charge in [-0.3, -0.25) is 4.79 Å². The number of hydrogen-bond acceptors (Lipinski definition) is 3. The van der Waals surface area contributed by atoms with Crippen LogP contribution in [0.15, 0.2) is 0 Å². The van der Waals surface area contributed by atoms with E-state index in [0.717, 1.165) is 25.9 Å². The molecule has 1 atom stereocenters. The van der Waals surface area contributed by atoms with E-state index in [1.165, 1.54) is 0 Å². The van der Waals surface area contributed by atoms with Crippen molar-refractivity contribution in [2.45, 2.75) is 45.6 Å². The Kier molecular flexibility index (Phi) is 5.22. The Hall–Kier alpha value is -0.610. The van der Waals surface area contributed by atoms with Gasteiger partial charge < -0.3 is 15.8 Å². The average molecular weight is 228 g/mol. The van der Waals surface area contributed by atoms with Gasteiger partial charge in [0.25, 0.3) is 0 Å². The van der Waals surface area contributed by atoms with Crippen LogP contribution in [0.1, 0.15) is 39.5 Å². The summed E-state index contributed by atoms with van der Waals surface area (Å²) in [6, 6.07) is 0. The van der Waals surface area contributed by atoms with Crippen LogP contribution in [0.4, 0.5) is 0 Å². The van der Waals surface area contributed by atoms with Gasteiger partial charge >= 0.3 is 0 Å². The molecule has 1 aliphatic heterocycles. The molecule has 1 fully saturated rings. The third-order valence-electron chi connectivity index (χ3n) is 3.02. The molecule has 1 unspecified atom stereocenters. The Morgan fingerprint density at radius 2 is 2.31 bits per heavy atom. The van der Waals surface area contributed by atoms with Crippen LogP contribution < -0.4 is 11.1 Å². The molecule has 1 heterocycles. The third-order valence-corrected chi connectivity index (χ3v) is 3.02. The Morgan fingerprint density at radius 3 is 2.88 bits per heavy atom. The van der Waals surface area contributed by atoms with E-state index in [9.17, 15) is 4.79 Å². The van der Waals surface area contributed by atoms with Crippen molar-refractivity contribution in [3.05, 3.63) is 0 Å². The van der Waals surface area contributed by atoms with Crippen molar-refractivity contribution in [2.75, 3.05) is 19.7 Å². The summed E-state index contributed by atoms with van der Waals surface area (Å²) >= 11 is 0. The molecule has 0 saturated carbocycles. The van der Waals surface area contributed by atoms with Crippen LogP contribution in [-0.2, 0) is 9.53 Å². The highest BCUT2D eigenvalue weighted by molar-refractivity contribution is 5.76. The molecule has 1 amide bonds. The number of ether oxygens (including phenoxy) is 1. The molecule has 16 heavy (non-hydrogen) atoms. The van der Waals surface area contributed by atoms with Gasteiger partial charge in [0.1, 0.15) is 0 Å². The first-order chi connectivity index (χ1) is 7.53. The third kappa shape index (κ3) is 4.94. The van der Waals surface area contributed by atoms with Crippen molar-refractivity contribution in [1.29, 1.82) is 0 Å². The second kappa shape index (κ2) is 6.21. The van der Waals surface area contributed by atoms with Gasteiger partial charge in [-0.1, -0.05) is 13.8 Å². The predicted octanol–water partition coefficient (Wildman–Crippen LogP) is 1.05. The van der Waals surface area contributed by atoms with Crippen LogP contribution in [0.3, 0.4) is 0 Å². The SMILES string of the molecule is CC(C)(CCN)CNC(=O)CC1CCCO1. The van der Waals surface area contributed by atoms with Crippen LogP contribution in [-0.4, -0.2) is 31.7 Å². The summed E-state index contributed by atoms with van der Waals surface area (Å²) in [4.78, 5) is 11.6. The molecule has 0 aromatic carbocycles. The predicted molar refractivity (Wildman–Crippen MR) is 64.1 cm³/mol. The smallest absolute Gasteiger partial charge is 0.222 e. The zero-order valence-corrected chi connectivity index (χ0v) is 10.4. The lowest BCUT2D eigenvalue weighted by atomic mass is 9.89. The highest BCUT2D eigenvalue weighted by Crippen LogP contribution is 2.18. The quantitative estimate of drug-likeness (QED) is 0.714. The van der Waals surface area contributed by atoms with Gasteiger partial charge in [0, 0.05) is 13.2 Å². The number of nitrogens with one attached hydrogen (secondary N) is 1. The van der Waals surface area contributed by atoms with Crippen LogP contribution in [0.2, 0.25) is 0 Å². The maximum atomic E-state index is 11.6. The van der Waals surface area contributed by atoms with Crippen LogP contribution in [0.25, 0.3) is 0 Å². The van der Waals surface area contributed by atoms with E-state index in [0.29, 0.717) is 19.5 Å². The molecule has 0 aromatic heterocycles. The fourth-order valence-corrected chi connectivity index (χ4v) is 1.90. The molecule has 4 nitrogen and oxygen atoms in total. The summed E-state index contributed by atoms with van der Waals surface area (Å²) < 4.78 is 5.42. The number of amides is 1. The van der Waals surface area contributed by atoms with Crippen molar-refractivity contribution in [1.82, 2.24) is 5.32 Å². The van der Waals surface area contributed by atoms with Crippen molar-refractivity contribution < 1.29 is 9.53 Å². The maximum Gasteiger partial charge on any atom is 0.222 e. The number of nitrogens with two attached hydrogens (primary N) is 1. The lowest BCUT2D eigenvalue weighted by Crippen LogP contribution is -2.36. The van der Waals surface area contributed by atoms with Crippen molar-refractivity contribution in [2.24, 2.45) is 11.1 Å². The average Bonchev–Trinajstić information content (AvgIpc) is 2.68. The van der Waals surface area contributed by atoms with Gasteiger partial charge in [0.05, 0.1) is 12.5 Å². The second-order valence-corrected chi connectivity index (χ2v) is 5.32. The summed E-state index contributed by atoms with van der Waals surface area (Å²) in [6.45, 7) is 6.39. The fourth-order valence-electron chi connectivity index (χ4n) is 1.90. The number of rotatable bonds is 6. The van der Waals surface area contributed by atoms with Crippen molar-refractivity contribution in [3.63, 3.8) is 0 Å². The van der Waals surface area contributed by atoms with E-state index < -0.39 is 0 Å². The largest absolute Gasteiger partial charge is 0.378 e. The molecular formula is C12H24N2O2. The van der Waals surface area contributed by atoms with Crippen LogP contribution in [0, 0.1) is 5.41 Å². The summed E-state index contributed by atoms with van der Waals surface area (Å²) in [5, 5.41) is 2.96. The van der Waals surface area contributed by atoms with E-state index in [4.69, 9.17) is 10.5 Å². The first-order valence-corrected chi connectivity index (χ1v) is 6.12. The molecular weight excluding hydrogens is 204 g/mol. The van der Waals surface area contributed by atoms with E-state index in [2.05, 4.69) is 19.2 Å². The molecule has 1 aliphatic rings. The highest BCUT2D eigenvalue weighted by atomic mass is 16.5.